The van der Waals surface area contributed by atoms with Crippen LogP contribution in [-0.4, -0.2) is 19.4 Å². The summed E-state index contributed by atoms with van der Waals surface area (Å²) in [4.78, 5) is 4.55. The van der Waals surface area contributed by atoms with Crippen LogP contribution in [0, 0.1) is 0 Å². The lowest BCUT2D eigenvalue weighted by Crippen LogP contribution is -2.14. The summed E-state index contributed by atoms with van der Waals surface area (Å²) in [5, 5.41) is 4.22. The zero-order valence-electron chi connectivity index (χ0n) is 9.80. The van der Waals surface area contributed by atoms with Crippen molar-refractivity contribution in [3.8, 4) is 11.3 Å². The van der Waals surface area contributed by atoms with Crippen LogP contribution in [0.4, 0.5) is 5.82 Å². The van der Waals surface area contributed by atoms with Gasteiger partial charge in [0.25, 0.3) is 0 Å². The highest BCUT2D eigenvalue weighted by molar-refractivity contribution is 5.70. The Bertz CT molecular complexity index is 548. The van der Waals surface area contributed by atoms with Crippen LogP contribution >= 0.6 is 0 Å². The molecular formula is C11H16N6. The topological polar surface area (TPSA) is 87.7 Å². The first-order valence-electron chi connectivity index (χ1n) is 5.86. The fraction of sp³-hybridized carbons (Fsp3) is 0.455. The Kier molecular flexibility index (Phi) is 2.10. The number of aryl methyl sites for hydroxylation is 1. The zero-order chi connectivity index (χ0) is 12.0. The van der Waals surface area contributed by atoms with E-state index >= 15 is 0 Å². The predicted octanol–water partition coefficient (Wildman–Crippen LogP) is 0.940. The van der Waals surface area contributed by atoms with Gasteiger partial charge in [0, 0.05) is 24.2 Å². The van der Waals surface area contributed by atoms with Crippen molar-refractivity contribution in [1.82, 2.24) is 19.4 Å². The van der Waals surface area contributed by atoms with Crippen LogP contribution in [0.5, 0.6) is 0 Å². The van der Waals surface area contributed by atoms with Crippen molar-refractivity contribution < 1.29 is 0 Å². The molecule has 1 fully saturated rings. The van der Waals surface area contributed by atoms with Crippen molar-refractivity contribution in [3.05, 3.63) is 18.2 Å². The normalized spacial score (nSPS) is 15.4. The Balaban J connectivity index is 2.04. The molecule has 0 aliphatic heterocycles. The van der Waals surface area contributed by atoms with Gasteiger partial charge in [-0.2, -0.15) is 5.10 Å². The Morgan fingerprint density at radius 1 is 1.47 bits per heavy atom. The summed E-state index contributed by atoms with van der Waals surface area (Å²) >= 11 is 0. The van der Waals surface area contributed by atoms with Crippen LogP contribution in [0.15, 0.2) is 12.4 Å². The molecule has 1 aliphatic carbocycles. The van der Waals surface area contributed by atoms with Gasteiger partial charge >= 0.3 is 0 Å². The first-order valence-corrected chi connectivity index (χ1v) is 5.86. The van der Waals surface area contributed by atoms with Gasteiger partial charge < -0.3 is 11.6 Å². The third-order valence-corrected chi connectivity index (χ3v) is 3.15. The van der Waals surface area contributed by atoms with Gasteiger partial charge in [0.15, 0.2) is 5.82 Å². The summed E-state index contributed by atoms with van der Waals surface area (Å²) in [6, 6.07) is 0. The third-order valence-electron chi connectivity index (χ3n) is 3.15. The second kappa shape index (κ2) is 3.51. The molecule has 0 bridgehead atoms. The number of nitrogens with two attached hydrogens (primary N) is 2. The molecule has 0 atom stereocenters. The number of hydrogen-bond donors (Lipinski definition) is 2. The summed E-state index contributed by atoms with van der Waals surface area (Å²) in [6.45, 7) is 2.87. The van der Waals surface area contributed by atoms with Gasteiger partial charge in [-0.1, -0.05) is 0 Å². The van der Waals surface area contributed by atoms with Gasteiger partial charge in [-0.25, -0.2) is 9.66 Å². The molecule has 6 nitrogen and oxygen atoms in total. The van der Waals surface area contributed by atoms with Gasteiger partial charge in [-0.15, -0.1) is 0 Å². The molecule has 2 aromatic heterocycles. The van der Waals surface area contributed by atoms with E-state index in [1.807, 2.05) is 17.8 Å². The maximum Gasteiger partial charge on any atom is 0.150 e. The molecule has 17 heavy (non-hydrogen) atoms. The highest BCUT2D eigenvalue weighted by Gasteiger charge is 2.30. The Morgan fingerprint density at radius 3 is 2.82 bits per heavy atom. The van der Waals surface area contributed by atoms with Crippen LogP contribution in [-0.2, 0) is 6.54 Å². The molecule has 0 aromatic carbocycles. The second-order valence-electron chi connectivity index (χ2n) is 4.43. The SMILES string of the molecule is CCn1cc(-c2nc(C3CC3)n(N)c2N)cn1. The van der Waals surface area contributed by atoms with Crippen molar-refractivity contribution in [1.29, 1.82) is 0 Å². The average Bonchev–Trinajstić information content (AvgIpc) is 2.99. The molecule has 1 saturated carbocycles. The van der Waals surface area contributed by atoms with Gasteiger partial charge in [-0.3, -0.25) is 4.68 Å². The fourth-order valence-corrected chi connectivity index (χ4v) is 1.96. The number of nitrogens with zero attached hydrogens (tertiary/aromatic N) is 4. The predicted molar refractivity (Wildman–Crippen MR) is 65.7 cm³/mol. The number of imidazole rings is 1. The molecule has 2 heterocycles. The van der Waals surface area contributed by atoms with Crippen LogP contribution in [0.3, 0.4) is 0 Å². The molecule has 6 heteroatoms. The van der Waals surface area contributed by atoms with Crippen LogP contribution in [0.2, 0.25) is 0 Å². The fourth-order valence-electron chi connectivity index (χ4n) is 1.96. The molecule has 2 aromatic rings. The quantitative estimate of drug-likeness (QED) is 0.771. The minimum absolute atomic E-state index is 0.484. The van der Waals surface area contributed by atoms with Gasteiger partial charge in [-0.05, 0) is 19.8 Å². The average molecular weight is 232 g/mol. The zero-order valence-corrected chi connectivity index (χ0v) is 9.80. The second-order valence-corrected chi connectivity index (χ2v) is 4.43. The first-order chi connectivity index (χ1) is 8.20. The minimum atomic E-state index is 0.484. The van der Waals surface area contributed by atoms with E-state index in [4.69, 9.17) is 11.6 Å². The van der Waals surface area contributed by atoms with Gasteiger partial charge in [0.2, 0.25) is 0 Å². The number of nitrogen functional groups attached to an aromatic ring is 2. The summed E-state index contributed by atoms with van der Waals surface area (Å²) in [5.74, 6) is 7.81. The maximum atomic E-state index is 5.99. The molecule has 0 saturated heterocycles. The maximum absolute atomic E-state index is 5.99. The molecule has 0 amide bonds. The van der Waals surface area contributed by atoms with E-state index in [2.05, 4.69) is 10.1 Å². The van der Waals surface area contributed by atoms with Crippen molar-refractivity contribution in [2.75, 3.05) is 11.6 Å². The smallest absolute Gasteiger partial charge is 0.150 e. The molecule has 0 spiro atoms. The minimum Gasteiger partial charge on any atom is -0.382 e. The van der Waals surface area contributed by atoms with Gasteiger partial charge in [0.05, 0.1) is 6.20 Å². The Labute approximate surface area is 99.2 Å². The number of anilines is 1. The molecule has 3 rings (SSSR count). The van der Waals surface area contributed by atoms with Crippen molar-refractivity contribution >= 4 is 5.82 Å². The summed E-state index contributed by atoms with van der Waals surface area (Å²) in [7, 11) is 0. The molecular weight excluding hydrogens is 216 g/mol. The largest absolute Gasteiger partial charge is 0.382 e. The molecule has 90 valence electrons. The van der Waals surface area contributed by atoms with Crippen molar-refractivity contribution in [3.63, 3.8) is 0 Å². The van der Waals surface area contributed by atoms with E-state index < -0.39 is 0 Å². The Morgan fingerprint density at radius 2 is 2.24 bits per heavy atom. The van der Waals surface area contributed by atoms with E-state index in [0.29, 0.717) is 11.7 Å². The van der Waals surface area contributed by atoms with Crippen molar-refractivity contribution in [2.24, 2.45) is 0 Å². The van der Waals surface area contributed by atoms with Crippen LogP contribution in [0.1, 0.15) is 31.5 Å². The lowest BCUT2D eigenvalue weighted by Gasteiger charge is -1.99. The van der Waals surface area contributed by atoms with Crippen LogP contribution in [0.25, 0.3) is 11.3 Å². The highest BCUT2D eigenvalue weighted by Crippen LogP contribution is 2.41. The molecule has 0 unspecified atom stereocenters. The molecule has 1 aliphatic rings. The lowest BCUT2D eigenvalue weighted by atomic mass is 10.2. The molecule has 4 N–H and O–H groups in total. The highest BCUT2D eigenvalue weighted by atomic mass is 15.4. The summed E-state index contributed by atoms with van der Waals surface area (Å²) < 4.78 is 3.36. The number of rotatable bonds is 3. The summed E-state index contributed by atoms with van der Waals surface area (Å²) in [6.07, 6.45) is 6.02. The monoisotopic (exact) mass is 232 g/mol. The molecule has 0 radical (unpaired) electrons. The number of aromatic nitrogens is 4. The van der Waals surface area contributed by atoms with Crippen LogP contribution < -0.4 is 11.6 Å². The lowest BCUT2D eigenvalue weighted by molar-refractivity contribution is 0.660. The summed E-state index contributed by atoms with van der Waals surface area (Å²) in [5.41, 5.74) is 7.66. The van der Waals surface area contributed by atoms with E-state index in [-0.39, 0.29) is 0 Å². The first kappa shape index (κ1) is 10.2. The third kappa shape index (κ3) is 1.56. The van der Waals surface area contributed by atoms with Crippen molar-refractivity contribution in [2.45, 2.75) is 32.2 Å². The van der Waals surface area contributed by atoms with E-state index in [9.17, 15) is 0 Å². The van der Waals surface area contributed by atoms with E-state index in [0.717, 1.165) is 36.5 Å². The van der Waals surface area contributed by atoms with Gasteiger partial charge in [0.1, 0.15) is 11.5 Å². The Hall–Kier alpha value is -1.98. The standard InChI is InChI=1S/C11H16N6/c1-2-16-6-8(5-14-16)9-10(12)17(13)11(15-9)7-3-4-7/h5-7H,2-4,12-13H2,1H3. The van der Waals surface area contributed by atoms with E-state index in [1.165, 1.54) is 4.68 Å². The number of hydrogen-bond acceptors (Lipinski definition) is 4. The van der Waals surface area contributed by atoms with E-state index in [1.54, 1.807) is 6.20 Å².